The lowest BCUT2D eigenvalue weighted by molar-refractivity contribution is -0.0502. The number of amides is 1. The number of furan rings is 1. The second-order valence-corrected chi connectivity index (χ2v) is 9.54. The van der Waals surface area contributed by atoms with Gasteiger partial charge in [0.2, 0.25) is 0 Å². The number of fused-ring (bicyclic) bond motifs is 2. The summed E-state index contributed by atoms with van der Waals surface area (Å²) in [4.78, 5) is 12.9. The normalized spacial score (nSPS) is 18.8. The molecule has 0 spiro atoms. The Morgan fingerprint density at radius 1 is 1.26 bits per heavy atom. The van der Waals surface area contributed by atoms with Gasteiger partial charge in [0.1, 0.15) is 34.3 Å². The van der Waals surface area contributed by atoms with Gasteiger partial charge in [-0.15, -0.1) is 0 Å². The Bertz CT molecular complexity index is 1230. The van der Waals surface area contributed by atoms with E-state index in [1.165, 1.54) is 12.1 Å². The second kappa shape index (κ2) is 10.9. The van der Waals surface area contributed by atoms with E-state index in [0.29, 0.717) is 59.9 Å². The van der Waals surface area contributed by atoms with Gasteiger partial charge in [0, 0.05) is 43.0 Å². The minimum absolute atomic E-state index is 0.322. The molecule has 2 aromatic carbocycles. The fourth-order valence-corrected chi connectivity index (χ4v) is 5.04. The molecule has 35 heavy (non-hydrogen) atoms. The predicted molar refractivity (Wildman–Crippen MR) is 132 cm³/mol. The first-order valence-corrected chi connectivity index (χ1v) is 12.8. The van der Waals surface area contributed by atoms with Gasteiger partial charge < -0.3 is 23.9 Å². The van der Waals surface area contributed by atoms with Gasteiger partial charge in [0.15, 0.2) is 0 Å². The van der Waals surface area contributed by atoms with Crippen LogP contribution in [-0.2, 0) is 25.2 Å². The molecule has 8 nitrogen and oxygen atoms in total. The number of hydrogen-bond donors (Lipinski definition) is 1. The SMILES string of the molecule is CNC(=O)c1c(-c2ccc(F)cc2)oc2cc3c(cc12)C(C)OC(COCCOC)CN3S(C)=O. The van der Waals surface area contributed by atoms with Crippen molar-refractivity contribution >= 4 is 33.5 Å². The fourth-order valence-electron chi connectivity index (χ4n) is 4.23. The molecule has 3 atom stereocenters. The summed E-state index contributed by atoms with van der Waals surface area (Å²) in [5, 5.41) is 3.25. The van der Waals surface area contributed by atoms with Crippen LogP contribution in [0.25, 0.3) is 22.3 Å². The number of halogens is 1. The summed E-state index contributed by atoms with van der Waals surface area (Å²) in [5.74, 6) is -0.377. The van der Waals surface area contributed by atoms with Crippen molar-refractivity contribution in [2.24, 2.45) is 0 Å². The molecule has 1 aliphatic rings. The fraction of sp³-hybridized carbons (Fsp3) is 0.400. The first-order chi connectivity index (χ1) is 16.8. The standard InChI is InChI=1S/C25H29FN2O6S/c1-15-19-11-20-22(34-24(23(20)25(29)27-2)16-5-7-17(26)8-6-16)12-21(19)28(35(4)30)13-18(33-15)14-32-10-9-31-3/h5-8,11-12,15,18H,9-10,13-14H2,1-4H3,(H,27,29). The molecule has 0 fully saturated rings. The number of benzene rings is 2. The van der Waals surface area contributed by atoms with E-state index in [4.69, 9.17) is 18.6 Å². The summed E-state index contributed by atoms with van der Waals surface area (Å²) in [5.41, 5.74) is 2.86. The highest BCUT2D eigenvalue weighted by atomic mass is 32.2. The zero-order valence-electron chi connectivity index (χ0n) is 20.1. The minimum Gasteiger partial charge on any atom is -0.455 e. The zero-order chi connectivity index (χ0) is 25.1. The minimum atomic E-state index is -1.35. The summed E-state index contributed by atoms with van der Waals surface area (Å²) >= 11 is 0. The smallest absolute Gasteiger partial charge is 0.255 e. The van der Waals surface area contributed by atoms with Crippen LogP contribution in [-0.4, -0.2) is 63.0 Å². The molecule has 1 amide bonds. The summed E-state index contributed by atoms with van der Waals surface area (Å²) < 4.78 is 51.1. The third-order valence-corrected chi connectivity index (χ3v) is 6.88. The molecule has 0 aliphatic carbocycles. The van der Waals surface area contributed by atoms with Gasteiger partial charge in [-0.1, -0.05) is 0 Å². The van der Waals surface area contributed by atoms with Crippen molar-refractivity contribution in [1.82, 2.24) is 5.32 Å². The molecule has 0 saturated heterocycles. The van der Waals surface area contributed by atoms with E-state index in [2.05, 4.69) is 5.32 Å². The van der Waals surface area contributed by atoms with Crippen LogP contribution in [0.1, 0.15) is 28.9 Å². The van der Waals surface area contributed by atoms with Crippen LogP contribution in [0.2, 0.25) is 0 Å². The number of anilines is 1. The maximum atomic E-state index is 13.5. The van der Waals surface area contributed by atoms with E-state index in [9.17, 15) is 13.4 Å². The van der Waals surface area contributed by atoms with E-state index in [-0.39, 0.29) is 23.9 Å². The lowest BCUT2D eigenvalue weighted by Gasteiger charge is -2.24. The average Bonchev–Trinajstić information content (AvgIpc) is 3.15. The van der Waals surface area contributed by atoms with Gasteiger partial charge in [-0.2, -0.15) is 0 Å². The van der Waals surface area contributed by atoms with E-state index in [1.807, 2.05) is 13.0 Å². The molecule has 0 saturated carbocycles. The van der Waals surface area contributed by atoms with Crippen LogP contribution in [0, 0.1) is 5.82 Å². The predicted octanol–water partition coefficient (Wildman–Crippen LogP) is 3.82. The molecule has 1 aromatic heterocycles. The monoisotopic (exact) mass is 504 g/mol. The molecule has 3 unspecified atom stereocenters. The van der Waals surface area contributed by atoms with Crippen LogP contribution >= 0.6 is 0 Å². The van der Waals surface area contributed by atoms with Crippen molar-refractivity contribution in [3.63, 3.8) is 0 Å². The molecule has 0 radical (unpaired) electrons. The first kappa shape index (κ1) is 25.3. The number of rotatable bonds is 8. The Morgan fingerprint density at radius 3 is 2.66 bits per heavy atom. The highest BCUT2D eigenvalue weighted by Gasteiger charge is 2.31. The molecule has 1 N–H and O–H groups in total. The molecule has 4 rings (SSSR count). The number of carbonyl (C=O) groups excluding carboxylic acids is 1. The van der Waals surface area contributed by atoms with Crippen LogP contribution in [0.15, 0.2) is 40.8 Å². The van der Waals surface area contributed by atoms with Gasteiger partial charge in [0.05, 0.1) is 43.7 Å². The Hall–Kier alpha value is -2.79. The number of ether oxygens (including phenoxy) is 3. The summed E-state index contributed by atoms with van der Waals surface area (Å²) in [7, 11) is 1.80. The van der Waals surface area contributed by atoms with Gasteiger partial charge >= 0.3 is 0 Å². The second-order valence-electron chi connectivity index (χ2n) is 8.25. The van der Waals surface area contributed by atoms with Gasteiger partial charge in [-0.3, -0.25) is 9.10 Å². The summed E-state index contributed by atoms with van der Waals surface area (Å²) in [6, 6.07) is 9.41. The first-order valence-electron chi connectivity index (χ1n) is 11.3. The van der Waals surface area contributed by atoms with Crippen molar-refractivity contribution < 1.29 is 32.0 Å². The number of methoxy groups -OCH3 is 1. The Balaban J connectivity index is 1.81. The molecule has 1 aliphatic heterocycles. The van der Waals surface area contributed by atoms with Crippen molar-refractivity contribution in [3.8, 4) is 11.3 Å². The highest BCUT2D eigenvalue weighted by Crippen LogP contribution is 2.41. The average molecular weight is 505 g/mol. The van der Waals surface area contributed by atoms with Crippen LogP contribution in [0.5, 0.6) is 0 Å². The molecular formula is C25H29FN2O6S. The maximum absolute atomic E-state index is 13.5. The van der Waals surface area contributed by atoms with E-state index in [0.717, 1.165) is 5.56 Å². The zero-order valence-corrected chi connectivity index (χ0v) is 20.9. The quantitative estimate of drug-likeness (QED) is 0.469. The third-order valence-electron chi connectivity index (χ3n) is 5.92. The molecule has 2 heterocycles. The van der Waals surface area contributed by atoms with Crippen molar-refractivity contribution in [1.29, 1.82) is 0 Å². The Morgan fingerprint density at radius 2 is 2.00 bits per heavy atom. The number of hydrogen-bond acceptors (Lipinski definition) is 6. The van der Waals surface area contributed by atoms with E-state index >= 15 is 0 Å². The van der Waals surface area contributed by atoms with E-state index < -0.39 is 11.0 Å². The van der Waals surface area contributed by atoms with Crippen molar-refractivity contribution in [2.45, 2.75) is 19.1 Å². The Labute approximate surface area is 205 Å². The third kappa shape index (κ3) is 5.25. The molecule has 0 bridgehead atoms. The molecule has 3 aromatic rings. The van der Waals surface area contributed by atoms with Gasteiger partial charge in [0.25, 0.3) is 5.91 Å². The molecule has 10 heteroatoms. The van der Waals surface area contributed by atoms with Gasteiger partial charge in [-0.05, 0) is 37.3 Å². The van der Waals surface area contributed by atoms with Gasteiger partial charge in [-0.25, -0.2) is 8.60 Å². The number of nitrogens with one attached hydrogen (secondary N) is 1. The lowest BCUT2D eigenvalue weighted by Crippen LogP contribution is -2.36. The lowest BCUT2D eigenvalue weighted by atomic mass is 10.0. The van der Waals surface area contributed by atoms with Crippen molar-refractivity contribution in [2.75, 3.05) is 51.1 Å². The largest absolute Gasteiger partial charge is 0.455 e. The van der Waals surface area contributed by atoms with Crippen LogP contribution in [0.4, 0.5) is 10.1 Å². The van der Waals surface area contributed by atoms with Crippen molar-refractivity contribution in [3.05, 3.63) is 53.3 Å². The topological polar surface area (TPSA) is 90.2 Å². The van der Waals surface area contributed by atoms with E-state index in [1.54, 1.807) is 42.9 Å². The van der Waals surface area contributed by atoms with Crippen LogP contribution in [0.3, 0.4) is 0 Å². The number of carbonyl (C=O) groups is 1. The summed E-state index contributed by atoms with van der Waals surface area (Å²) in [6.45, 7) is 3.49. The highest BCUT2D eigenvalue weighted by molar-refractivity contribution is 7.85. The molecule has 188 valence electrons. The maximum Gasteiger partial charge on any atom is 0.255 e. The molecular weight excluding hydrogens is 475 g/mol. The number of nitrogens with zero attached hydrogens (tertiary/aromatic N) is 1. The Kier molecular flexibility index (Phi) is 7.85. The summed E-state index contributed by atoms with van der Waals surface area (Å²) in [6.07, 6.45) is 0.924. The van der Waals surface area contributed by atoms with Crippen LogP contribution < -0.4 is 9.62 Å².